The first-order chi connectivity index (χ1) is 9.16. The van der Waals surface area contributed by atoms with E-state index in [9.17, 15) is 14.0 Å². The predicted molar refractivity (Wildman–Crippen MR) is 66.9 cm³/mol. The van der Waals surface area contributed by atoms with Crippen molar-refractivity contribution in [3.05, 3.63) is 29.8 Å². The van der Waals surface area contributed by atoms with E-state index in [0.717, 1.165) is 12.8 Å². The number of hydrogen-bond acceptors (Lipinski definition) is 3. The molecule has 5 nitrogen and oxygen atoms in total. The zero-order valence-electron chi connectivity index (χ0n) is 10.5. The van der Waals surface area contributed by atoms with Crippen molar-refractivity contribution < 1.29 is 14.0 Å². The van der Waals surface area contributed by atoms with Crippen molar-refractivity contribution in [3.63, 3.8) is 0 Å². The topological polar surface area (TPSA) is 71.1 Å². The van der Waals surface area contributed by atoms with Crippen molar-refractivity contribution in [3.8, 4) is 0 Å². The molecule has 2 amide bonds. The zero-order valence-corrected chi connectivity index (χ0v) is 10.5. The maximum Gasteiger partial charge on any atom is 0.255 e. The molecule has 1 aliphatic carbocycles. The molecule has 1 aromatic rings. The predicted octanol–water partition coefficient (Wildman–Crippen LogP) is 1.01. The minimum absolute atomic E-state index is 0.00399. The fourth-order valence-corrected chi connectivity index (χ4v) is 1.63. The van der Waals surface area contributed by atoms with Gasteiger partial charge in [-0.1, -0.05) is 0 Å². The highest BCUT2D eigenvalue weighted by Gasteiger charge is 2.22. The Bertz CT molecular complexity index is 475. The lowest BCUT2D eigenvalue weighted by molar-refractivity contribution is -0.121. The molecule has 0 unspecified atom stereocenters. The minimum atomic E-state index is -0.786. The Kier molecular flexibility index (Phi) is 4.43. The summed E-state index contributed by atoms with van der Waals surface area (Å²) in [6.07, 6.45) is 4.30. The van der Waals surface area contributed by atoms with Gasteiger partial charge in [-0.25, -0.2) is 4.98 Å². The molecular formula is C13H16FN3O2. The van der Waals surface area contributed by atoms with E-state index in [4.69, 9.17) is 0 Å². The second kappa shape index (κ2) is 6.26. The van der Waals surface area contributed by atoms with Gasteiger partial charge in [0.05, 0.1) is 5.56 Å². The number of carbonyl (C=O) groups is 2. The molecule has 0 radical (unpaired) electrons. The van der Waals surface area contributed by atoms with Gasteiger partial charge in [-0.15, -0.1) is 0 Å². The van der Waals surface area contributed by atoms with Crippen LogP contribution in [0.2, 0.25) is 0 Å². The third kappa shape index (κ3) is 4.31. The number of nitrogens with zero attached hydrogens (tertiary/aromatic N) is 1. The molecule has 1 saturated carbocycles. The first kappa shape index (κ1) is 13.5. The lowest BCUT2D eigenvalue weighted by Crippen LogP contribution is -2.29. The Morgan fingerprint density at radius 1 is 1.42 bits per heavy atom. The highest BCUT2D eigenvalue weighted by Crippen LogP contribution is 2.18. The fourth-order valence-electron chi connectivity index (χ4n) is 1.63. The van der Waals surface area contributed by atoms with Gasteiger partial charge < -0.3 is 10.6 Å². The number of carbonyl (C=O) groups excluding carboxylic acids is 2. The third-order valence-corrected chi connectivity index (χ3v) is 2.81. The van der Waals surface area contributed by atoms with E-state index in [-0.39, 0.29) is 11.5 Å². The van der Waals surface area contributed by atoms with Gasteiger partial charge in [-0.05, 0) is 31.4 Å². The summed E-state index contributed by atoms with van der Waals surface area (Å²) in [5, 5.41) is 5.43. The van der Waals surface area contributed by atoms with Crippen LogP contribution in [0.3, 0.4) is 0 Å². The highest BCUT2D eigenvalue weighted by atomic mass is 19.1. The molecule has 2 rings (SSSR count). The Hall–Kier alpha value is -1.98. The lowest BCUT2D eigenvalue weighted by Gasteiger charge is -2.06. The molecule has 1 heterocycles. The Morgan fingerprint density at radius 2 is 2.21 bits per heavy atom. The van der Waals surface area contributed by atoms with E-state index in [1.54, 1.807) is 0 Å². The number of rotatable bonds is 6. The number of amides is 2. The largest absolute Gasteiger partial charge is 0.353 e. The van der Waals surface area contributed by atoms with Crippen LogP contribution in [0.4, 0.5) is 4.39 Å². The molecule has 2 N–H and O–H groups in total. The fraction of sp³-hybridized carbons (Fsp3) is 0.462. The average Bonchev–Trinajstić information content (AvgIpc) is 3.19. The SMILES string of the molecule is O=C(CCCNC(=O)c1cccnc1F)NC1CC1. The molecule has 6 heteroatoms. The number of pyridine rings is 1. The maximum absolute atomic E-state index is 13.2. The van der Waals surface area contributed by atoms with E-state index >= 15 is 0 Å². The van der Waals surface area contributed by atoms with Gasteiger partial charge in [0.1, 0.15) is 0 Å². The number of halogens is 1. The summed E-state index contributed by atoms with van der Waals surface area (Å²) in [5.74, 6) is -1.29. The summed E-state index contributed by atoms with van der Waals surface area (Å²) >= 11 is 0. The van der Waals surface area contributed by atoms with Crippen molar-refractivity contribution >= 4 is 11.8 Å². The van der Waals surface area contributed by atoms with E-state index < -0.39 is 11.9 Å². The van der Waals surface area contributed by atoms with Gasteiger partial charge in [-0.2, -0.15) is 4.39 Å². The number of nitrogens with one attached hydrogen (secondary N) is 2. The summed E-state index contributed by atoms with van der Waals surface area (Å²) in [7, 11) is 0. The normalized spacial score (nSPS) is 13.9. The van der Waals surface area contributed by atoms with Gasteiger partial charge in [0.25, 0.3) is 5.91 Å². The quantitative estimate of drug-likeness (QED) is 0.595. The summed E-state index contributed by atoms with van der Waals surface area (Å²) in [6.45, 7) is 0.339. The van der Waals surface area contributed by atoms with Crippen LogP contribution in [0, 0.1) is 5.95 Å². The molecule has 19 heavy (non-hydrogen) atoms. The number of hydrogen-bond donors (Lipinski definition) is 2. The monoisotopic (exact) mass is 265 g/mol. The summed E-state index contributed by atoms with van der Waals surface area (Å²) in [6, 6.07) is 3.23. The van der Waals surface area contributed by atoms with Crippen molar-refractivity contribution in [1.29, 1.82) is 0 Å². The zero-order chi connectivity index (χ0) is 13.7. The van der Waals surface area contributed by atoms with Crippen molar-refractivity contribution in [2.24, 2.45) is 0 Å². The van der Waals surface area contributed by atoms with E-state index in [1.165, 1.54) is 18.3 Å². The maximum atomic E-state index is 13.2. The Labute approximate surface area is 110 Å². The molecule has 0 bridgehead atoms. The Balaban J connectivity index is 1.66. The smallest absolute Gasteiger partial charge is 0.255 e. The van der Waals surface area contributed by atoms with Crippen molar-refractivity contribution in [2.75, 3.05) is 6.54 Å². The molecule has 0 spiro atoms. The van der Waals surface area contributed by atoms with Gasteiger partial charge in [-0.3, -0.25) is 9.59 Å². The third-order valence-electron chi connectivity index (χ3n) is 2.81. The van der Waals surface area contributed by atoms with Gasteiger partial charge >= 0.3 is 0 Å². The van der Waals surface area contributed by atoms with E-state index in [0.29, 0.717) is 25.4 Å². The summed E-state index contributed by atoms with van der Waals surface area (Å²) < 4.78 is 13.2. The van der Waals surface area contributed by atoms with Gasteiger partial charge in [0.15, 0.2) is 0 Å². The summed E-state index contributed by atoms with van der Waals surface area (Å²) in [4.78, 5) is 26.4. The van der Waals surface area contributed by atoms with Crippen LogP contribution in [0.1, 0.15) is 36.0 Å². The van der Waals surface area contributed by atoms with Crippen LogP contribution < -0.4 is 10.6 Å². The van der Waals surface area contributed by atoms with Crippen molar-refractivity contribution in [1.82, 2.24) is 15.6 Å². The van der Waals surface area contributed by atoms with Crippen LogP contribution in [-0.4, -0.2) is 29.4 Å². The first-order valence-corrected chi connectivity index (χ1v) is 6.35. The molecule has 102 valence electrons. The highest BCUT2D eigenvalue weighted by molar-refractivity contribution is 5.94. The van der Waals surface area contributed by atoms with Gasteiger partial charge in [0, 0.05) is 25.2 Å². The second-order valence-electron chi connectivity index (χ2n) is 4.54. The van der Waals surface area contributed by atoms with E-state index in [1.807, 2.05) is 0 Å². The van der Waals surface area contributed by atoms with Crippen LogP contribution in [0.15, 0.2) is 18.3 Å². The second-order valence-corrected chi connectivity index (χ2v) is 4.54. The molecule has 0 atom stereocenters. The van der Waals surface area contributed by atoms with Crippen LogP contribution in [0.25, 0.3) is 0 Å². The molecule has 0 aromatic carbocycles. The average molecular weight is 265 g/mol. The van der Waals surface area contributed by atoms with Crippen molar-refractivity contribution in [2.45, 2.75) is 31.7 Å². The van der Waals surface area contributed by atoms with Gasteiger partial charge in [0.2, 0.25) is 11.9 Å². The standard InChI is InChI=1S/C13H16FN3O2/c14-12-10(3-1-7-15-12)13(19)16-8-2-4-11(18)17-9-5-6-9/h1,3,7,9H,2,4-6,8H2,(H,16,19)(H,17,18). The summed E-state index contributed by atoms with van der Waals surface area (Å²) in [5.41, 5.74) is -0.0788. The molecule has 1 fully saturated rings. The van der Waals surface area contributed by atoms with Crippen LogP contribution in [-0.2, 0) is 4.79 Å². The number of aromatic nitrogens is 1. The first-order valence-electron chi connectivity index (χ1n) is 6.35. The van der Waals surface area contributed by atoms with E-state index in [2.05, 4.69) is 15.6 Å². The molecule has 1 aliphatic rings. The van der Waals surface area contributed by atoms with Crippen LogP contribution in [0.5, 0.6) is 0 Å². The molecule has 0 saturated heterocycles. The molecular weight excluding hydrogens is 249 g/mol. The van der Waals surface area contributed by atoms with Crippen LogP contribution >= 0.6 is 0 Å². The molecule has 0 aliphatic heterocycles. The Morgan fingerprint density at radius 3 is 2.89 bits per heavy atom. The molecule has 1 aromatic heterocycles. The minimum Gasteiger partial charge on any atom is -0.353 e. The lowest BCUT2D eigenvalue weighted by atomic mass is 10.2.